The summed E-state index contributed by atoms with van der Waals surface area (Å²) >= 11 is 0. The van der Waals surface area contributed by atoms with Crippen LogP contribution in [0.2, 0.25) is 0 Å². The van der Waals surface area contributed by atoms with Gasteiger partial charge in [-0.2, -0.15) is 0 Å². The quantitative estimate of drug-likeness (QED) is 0.191. The molecule has 166 valence electrons. The minimum Gasteiger partial charge on any atom is -0.496 e. The highest BCUT2D eigenvalue weighted by molar-refractivity contribution is 14.0. The molecule has 1 aromatic carbocycles. The molecule has 0 atom stereocenters. The van der Waals surface area contributed by atoms with E-state index in [-0.39, 0.29) is 29.4 Å². The molecule has 0 radical (unpaired) electrons. The molecule has 0 spiro atoms. The molecule has 1 fully saturated rings. The Labute approximate surface area is 193 Å². The molecule has 1 aliphatic carbocycles. The number of halogens is 1. The first-order valence-electron chi connectivity index (χ1n) is 10.5. The fourth-order valence-corrected chi connectivity index (χ4v) is 3.84. The van der Waals surface area contributed by atoms with Gasteiger partial charge in [-0.15, -0.1) is 24.0 Å². The number of hydrogen-bond acceptors (Lipinski definition) is 4. The van der Waals surface area contributed by atoms with Crippen molar-refractivity contribution in [2.75, 3.05) is 53.7 Å². The number of nitrogens with one attached hydrogen (secondary N) is 2. The van der Waals surface area contributed by atoms with Crippen LogP contribution in [0.5, 0.6) is 5.75 Å². The molecule has 1 aromatic rings. The van der Waals surface area contributed by atoms with Crippen LogP contribution in [0.4, 0.5) is 0 Å². The van der Waals surface area contributed by atoms with E-state index in [9.17, 15) is 0 Å². The van der Waals surface area contributed by atoms with Gasteiger partial charge in [-0.3, -0.25) is 4.99 Å². The largest absolute Gasteiger partial charge is 0.496 e. The standard InChI is InChI=1S/C22H37N3O3.HI/c1-4-23-21(24-14-9-15-28-17-16-26-2)25-18-22(12-7-8-13-22)19-10-5-6-11-20(19)27-3;/h5-6,10-11H,4,7-9,12-18H2,1-3H3,(H2,23,24,25);1H. The zero-order valence-corrected chi connectivity index (χ0v) is 20.5. The predicted octanol–water partition coefficient (Wildman–Crippen LogP) is 3.73. The van der Waals surface area contributed by atoms with Gasteiger partial charge < -0.3 is 24.8 Å². The molecule has 7 heteroatoms. The zero-order valence-electron chi connectivity index (χ0n) is 18.2. The Morgan fingerprint density at radius 2 is 1.83 bits per heavy atom. The molecule has 29 heavy (non-hydrogen) atoms. The molecular formula is C22H38IN3O3. The van der Waals surface area contributed by atoms with Gasteiger partial charge in [0.25, 0.3) is 0 Å². The summed E-state index contributed by atoms with van der Waals surface area (Å²) in [5, 5.41) is 6.79. The van der Waals surface area contributed by atoms with Crippen molar-refractivity contribution in [2.45, 2.75) is 44.4 Å². The second-order valence-electron chi connectivity index (χ2n) is 7.27. The van der Waals surface area contributed by atoms with Gasteiger partial charge in [-0.25, -0.2) is 0 Å². The van der Waals surface area contributed by atoms with Gasteiger partial charge in [0, 0.05) is 37.8 Å². The summed E-state index contributed by atoms with van der Waals surface area (Å²) in [5.74, 6) is 1.85. The molecular weight excluding hydrogens is 481 g/mol. The number of nitrogens with zero attached hydrogens (tertiary/aromatic N) is 1. The van der Waals surface area contributed by atoms with Crippen molar-refractivity contribution in [2.24, 2.45) is 4.99 Å². The van der Waals surface area contributed by atoms with Gasteiger partial charge in [0.1, 0.15) is 5.75 Å². The van der Waals surface area contributed by atoms with E-state index in [1.807, 2.05) is 6.07 Å². The van der Waals surface area contributed by atoms with Crippen molar-refractivity contribution in [1.82, 2.24) is 10.6 Å². The fourth-order valence-electron chi connectivity index (χ4n) is 3.84. The predicted molar refractivity (Wildman–Crippen MR) is 130 cm³/mol. The van der Waals surface area contributed by atoms with Crippen LogP contribution >= 0.6 is 24.0 Å². The van der Waals surface area contributed by atoms with Gasteiger partial charge in [0.15, 0.2) is 5.96 Å². The van der Waals surface area contributed by atoms with E-state index < -0.39 is 0 Å². The maximum absolute atomic E-state index is 5.65. The Hall–Kier alpha value is -1.06. The Kier molecular flexibility index (Phi) is 13.3. The maximum Gasteiger partial charge on any atom is 0.191 e. The van der Waals surface area contributed by atoms with E-state index in [0.717, 1.165) is 57.2 Å². The summed E-state index contributed by atoms with van der Waals surface area (Å²) in [6.45, 7) is 6.55. The molecule has 0 aromatic heterocycles. The highest BCUT2D eigenvalue weighted by Gasteiger charge is 2.37. The lowest BCUT2D eigenvalue weighted by molar-refractivity contribution is 0.0698. The van der Waals surface area contributed by atoms with Gasteiger partial charge in [-0.1, -0.05) is 31.0 Å². The molecule has 1 saturated carbocycles. The number of ether oxygens (including phenoxy) is 3. The monoisotopic (exact) mass is 519 g/mol. The summed E-state index contributed by atoms with van der Waals surface area (Å²) in [4.78, 5) is 4.94. The van der Waals surface area contributed by atoms with E-state index in [4.69, 9.17) is 19.2 Å². The number of methoxy groups -OCH3 is 2. The smallest absolute Gasteiger partial charge is 0.191 e. The molecule has 0 aliphatic heterocycles. The second-order valence-corrected chi connectivity index (χ2v) is 7.27. The Morgan fingerprint density at radius 1 is 1.07 bits per heavy atom. The van der Waals surface area contributed by atoms with Crippen LogP contribution in [0.3, 0.4) is 0 Å². The number of guanidine groups is 1. The van der Waals surface area contributed by atoms with Crippen LogP contribution in [0.1, 0.15) is 44.6 Å². The second kappa shape index (κ2) is 14.8. The van der Waals surface area contributed by atoms with Crippen LogP contribution in [0.15, 0.2) is 29.3 Å². The fraction of sp³-hybridized carbons (Fsp3) is 0.682. The van der Waals surface area contributed by atoms with Gasteiger partial charge in [-0.05, 0) is 32.3 Å². The van der Waals surface area contributed by atoms with E-state index in [1.54, 1.807) is 14.2 Å². The first kappa shape index (κ1) is 26.0. The SMILES string of the molecule is CCNC(=NCC1(c2ccccc2OC)CCCC1)NCCCOCCOC.I. The summed E-state index contributed by atoms with van der Waals surface area (Å²) < 4.78 is 16.2. The highest BCUT2D eigenvalue weighted by atomic mass is 127. The van der Waals surface area contributed by atoms with E-state index >= 15 is 0 Å². The topological polar surface area (TPSA) is 64.1 Å². The lowest BCUT2D eigenvalue weighted by Crippen LogP contribution is -2.39. The van der Waals surface area contributed by atoms with Gasteiger partial charge >= 0.3 is 0 Å². The molecule has 2 N–H and O–H groups in total. The summed E-state index contributed by atoms with van der Waals surface area (Å²) in [6.07, 6.45) is 5.74. The van der Waals surface area contributed by atoms with E-state index in [2.05, 4.69) is 35.8 Å². The first-order chi connectivity index (χ1) is 13.8. The van der Waals surface area contributed by atoms with Crippen LogP contribution in [0.25, 0.3) is 0 Å². The van der Waals surface area contributed by atoms with E-state index in [1.165, 1.54) is 18.4 Å². The van der Waals surface area contributed by atoms with Crippen LogP contribution < -0.4 is 15.4 Å². The Bertz CT molecular complexity index is 592. The lowest BCUT2D eigenvalue weighted by atomic mass is 9.78. The van der Waals surface area contributed by atoms with Crippen molar-refractivity contribution in [1.29, 1.82) is 0 Å². The van der Waals surface area contributed by atoms with Crippen LogP contribution in [-0.4, -0.2) is 59.6 Å². The number of benzene rings is 1. The molecule has 2 rings (SSSR count). The maximum atomic E-state index is 5.65. The third kappa shape index (κ3) is 8.30. The summed E-state index contributed by atoms with van der Waals surface area (Å²) in [5.41, 5.74) is 1.36. The molecule has 0 amide bonds. The average molecular weight is 519 g/mol. The van der Waals surface area contributed by atoms with Gasteiger partial charge in [0.2, 0.25) is 0 Å². The Balaban J connectivity index is 0.00000420. The van der Waals surface area contributed by atoms with Gasteiger partial charge in [0.05, 0.1) is 26.9 Å². The molecule has 0 bridgehead atoms. The van der Waals surface area contributed by atoms with E-state index in [0.29, 0.717) is 13.2 Å². The van der Waals surface area contributed by atoms with Crippen molar-refractivity contribution >= 4 is 29.9 Å². The average Bonchev–Trinajstić information content (AvgIpc) is 3.21. The minimum atomic E-state index is 0. The summed E-state index contributed by atoms with van der Waals surface area (Å²) in [6, 6.07) is 8.41. The van der Waals surface area contributed by atoms with Crippen molar-refractivity contribution in [3.8, 4) is 5.75 Å². The molecule has 6 nitrogen and oxygen atoms in total. The van der Waals surface area contributed by atoms with Crippen molar-refractivity contribution in [3.63, 3.8) is 0 Å². The first-order valence-corrected chi connectivity index (χ1v) is 10.5. The number of aliphatic imine (C=N–C) groups is 1. The molecule has 0 unspecified atom stereocenters. The third-order valence-electron chi connectivity index (χ3n) is 5.31. The number of rotatable bonds is 12. The molecule has 0 saturated heterocycles. The summed E-state index contributed by atoms with van der Waals surface area (Å²) in [7, 11) is 3.44. The number of para-hydroxylation sites is 1. The normalized spacial score (nSPS) is 15.6. The van der Waals surface area contributed by atoms with Crippen molar-refractivity contribution in [3.05, 3.63) is 29.8 Å². The number of hydrogen-bond donors (Lipinski definition) is 2. The van der Waals surface area contributed by atoms with Crippen LogP contribution in [-0.2, 0) is 14.9 Å². The Morgan fingerprint density at radius 3 is 2.52 bits per heavy atom. The lowest BCUT2D eigenvalue weighted by Gasteiger charge is -2.30. The third-order valence-corrected chi connectivity index (χ3v) is 5.31. The minimum absolute atomic E-state index is 0. The highest BCUT2D eigenvalue weighted by Crippen LogP contribution is 2.44. The molecule has 1 aliphatic rings. The molecule has 0 heterocycles. The van der Waals surface area contributed by atoms with Crippen LogP contribution in [0, 0.1) is 0 Å². The zero-order chi connectivity index (χ0) is 20.1. The van der Waals surface area contributed by atoms with Crippen molar-refractivity contribution < 1.29 is 14.2 Å².